The summed E-state index contributed by atoms with van der Waals surface area (Å²) in [6, 6.07) is 6.45. The molecule has 0 aromatic heterocycles. The van der Waals surface area contributed by atoms with Crippen LogP contribution in [0.1, 0.15) is 63.4 Å². The molecule has 36 heavy (non-hydrogen) atoms. The summed E-state index contributed by atoms with van der Waals surface area (Å²) in [5, 5.41) is 11.8. The van der Waals surface area contributed by atoms with Crippen molar-refractivity contribution in [2.45, 2.75) is 70.1 Å². The number of hydrogen-bond acceptors (Lipinski definition) is 3. The largest absolute Gasteiger partial charge is 0.457 e. The van der Waals surface area contributed by atoms with Gasteiger partial charge in [0.05, 0.1) is 16.8 Å². The van der Waals surface area contributed by atoms with E-state index in [1.54, 1.807) is 5.57 Å². The Labute approximate surface area is 216 Å². The molecule has 0 spiro atoms. The predicted molar refractivity (Wildman–Crippen MR) is 137 cm³/mol. The number of terminal acetylenes is 1. The normalized spacial score (nSPS) is 31.3. The van der Waals surface area contributed by atoms with Crippen molar-refractivity contribution in [3.8, 4) is 12.3 Å². The summed E-state index contributed by atoms with van der Waals surface area (Å²) in [6.45, 7) is 2.32. The smallest absolute Gasteiger partial charge is 0.393 e. The van der Waals surface area contributed by atoms with Crippen LogP contribution in [0.25, 0.3) is 0 Å². The van der Waals surface area contributed by atoms with Crippen LogP contribution >= 0.6 is 11.6 Å². The molecule has 4 aliphatic carbocycles. The fraction of sp³-hybridized carbons (Fsp3) is 0.552. The number of ketones is 1. The fourth-order valence-corrected chi connectivity index (χ4v) is 7.31. The summed E-state index contributed by atoms with van der Waals surface area (Å²) in [5.41, 5.74) is 6.62. The monoisotopic (exact) mass is 519 g/mol. The first-order valence-corrected chi connectivity index (χ1v) is 12.9. The van der Waals surface area contributed by atoms with E-state index >= 15 is 0 Å². The van der Waals surface area contributed by atoms with Crippen molar-refractivity contribution in [1.82, 2.24) is 0 Å². The van der Waals surface area contributed by atoms with Crippen LogP contribution in [-0.2, 0) is 4.79 Å². The molecule has 4 aliphatic rings. The summed E-state index contributed by atoms with van der Waals surface area (Å²) in [6.07, 6.45) is 7.84. The molecule has 5 rings (SSSR count). The van der Waals surface area contributed by atoms with Crippen LogP contribution in [0.3, 0.4) is 0 Å². The molecule has 7 heteroatoms. The standard InChI is InChI=1S/C26H32ClNO2.C3HF3/c1-26-14-20(16-5-10-22(27)23(13-16)28(2)3)25-18-8-6-17(29)12-15(18)4-7-19(25)21(26)9-11-24(26)30;1-2-3(4,5)6/h5,10,12-13,19-21,24,30H,4,6-9,11,14H2,1-3H3;1H. The number of aliphatic hydroxyl groups excluding tert-OH is 1. The zero-order chi connectivity index (χ0) is 26.4. The van der Waals surface area contributed by atoms with Gasteiger partial charge in [-0.3, -0.25) is 4.79 Å². The summed E-state index contributed by atoms with van der Waals surface area (Å²) >= 11 is 6.49. The number of halogens is 4. The fourth-order valence-electron chi connectivity index (χ4n) is 7.02. The van der Waals surface area contributed by atoms with Crippen LogP contribution in [0.2, 0.25) is 5.02 Å². The van der Waals surface area contributed by atoms with Crippen LogP contribution in [0.4, 0.5) is 18.9 Å². The summed E-state index contributed by atoms with van der Waals surface area (Å²) < 4.78 is 31.6. The van der Waals surface area contributed by atoms with E-state index in [0.29, 0.717) is 24.2 Å². The third-order valence-corrected chi connectivity index (χ3v) is 9.02. The Morgan fingerprint density at radius 3 is 2.50 bits per heavy atom. The average molecular weight is 520 g/mol. The van der Waals surface area contributed by atoms with E-state index in [1.807, 2.05) is 26.2 Å². The third-order valence-electron chi connectivity index (χ3n) is 8.70. The van der Waals surface area contributed by atoms with Gasteiger partial charge in [0, 0.05) is 32.4 Å². The van der Waals surface area contributed by atoms with Crippen molar-refractivity contribution in [2.75, 3.05) is 19.0 Å². The van der Waals surface area contributed by atoms with E-state index in [2.05, 4.69) is 30.4 Å². The Bertz CT molecular complexity index is 1150. The Morgan fingerprint density at radius 1 is 1.17 bits per heavy atom. The second kappa shape index (κ2) is 9.91. The lowest BCUT2D eigenvalue weighted by molar-refractivity contribution is -0.114. The Balaban J connectivity index is 0.000000455. The van der Waals surface area contributed by atoms with E-state index in [0.717, 1.165) is 49.2 Å². The molecule has 0 saturated heterocycles. The molecule has 2 saturated carbocycles. The van der Waals surface area contributed by atoms with Crippen LogP contribution in [0, 0.1) is 29.6 Å². The van der Waals surface area contributed by atoms with Crippen LogP contribution in [0.5, 0.6) is 0 Å². The lowest BCUT2D eigenvalue weighted by atomic mass is 9.53. The molecule has 1 aromatic carbocycles. The number of benzene rings is 1. The van der Waals surface area contributed by atoms with Crippen LogP contribution < -0.4 is 4.90 Å². The maximum absolute atomic E-state index is 12.1. The van der Waals surface area contributed by atoms with Gasteiger partial charge in [-0.25, -0.2) is 0 Å². The number of carbonyl (C=O) groups excluding carboxylic acids is 1. The maximum atomic E-state index is 12.1. The SMILES string of the molecule is C#CC(F)(F)F.CN(C)c1cc(C2CC3(C)C(O)CCC3C3CCC4=CC(=O)CCC4=C23)ccc1Cl. The lowest BCUT2D eigenvalue weighted by Crippen LogP contribution is -2.45. The zero-order valence-corrected chi connectivity index (χ0v) is 21.7. The molecule has 0 radical (unpaired) electrons. The van der Waals surface area contributed by atoms with Crippen molar-refractivity contribution in [3.05, 3.63) is 51.6 Å². The van der Waals surface area contributed by atoms with Gasteiger partial charge >= 0.3 is 6.18 Å². The minimum Gasteiger partial charge on any atom is -0.393 e. The number of hydrogen-bond donors (Lipinski definition) is 1. The Kier molecular flexibility index (Phi) is 7.38. The highest BCUT2D eigenvalue weighted by atomic mass is 35.5. The average Bonchev–Trinajstić information content (AvgIpc) is 3.12. The Morgan fingerprint density at radius 2 is 1.86 bits per heavy atom. The van der Waals surface area contributed by atoms with Gasteiger partial charge in [-0.2, -0.15) is 13.2 Å². The van der Waals surface area contributed by atoms with Gasteiger partial charge in [-0.15, -0.1) is 6.42 Å². The van der Waals surface area contributed by atoms with Gasteiger partial charge in [0.15, 0.2) is 5.78 Å². The molecule has 0 aliphatic heterocycles. The number of anilines is 1. The molecular formula is C29H33ClF3NO2. The number of rotatable bonds is 2. The maximum Gasteiger partial charge on any atom is 0.457 e. The first-order valence-electron chi connectivity index (χ1n) is 12.5. The molecule has 1 N–H and O–H groups in total. The van der Waals surface area contributed by atoms with Gasteiger partial charge in [-0.05, 0) is 90.7 Å². The first-order chi connectivity index (χ1) is 16.9. The minimum absolute atomic E-state index is 0.0387. The molecule has 194 valence electrons. The van der Waals surface area contributed by atoms with E-state index < -0.39 is 6.18 Å². The second-order valence-corrected chi connectivity index (χ2v) is 11.3. The third kappa shape index (κ3) is 4.97. The summed E-state index contributed by atoms with van der Waals surface area (Å²) in [5.74, 6) is 2.23. The molecule has 5 unspecified atom stereocenters. The molecule has 1 aromatic rings. The van der Waals surface area contributed by atoms with Crippen molar-refractivity contribution >= 4 is 23.1 Å². The van der Waals surface area contributed by atoms with Crippen molar-refractivity contribution in [1.29, 1.82) is 0 Å². The number of allylic oxidation sites excluding steroid dienone is 4. The summed E-state index contributed by atoms with van der Waals surface area (Å²) in [7, 11) is 4.06. The molecule has 2 fully saturated rings. The van der Waals surface area contributed by atoms with Gasteiger partial charge < -0.3 is 10.0 Å². The number of nitrogens with zero attached hydrogens (tertiary/aromatic N) is 1. The molecular weight excluding hydrogens is 487 g/mol. The number of alkyl halides is 3. The lowest BCUT2D eigenvalue weighted by Gasteiger charge is -2.52. The van der Waals surface area contributed by atoms with Gasteiger partial charge in [0.1, 0.15) is 0 Å². The summed E-state index contributed by atoms with van der Waals surface area (Å²) in [4.78, 5) is 14.2. The highest BCUT2D eigenvalue weighted by molar-refractivity contribution is 6.33. The predicted octanol–water partition coefficient (Wildman–Crippen LogP) is 6.85. The number of carbonyl (C=O) groups is 1. The second-order valence-electron chi connectivity index (χ2n) is 10.9. The molecule has 0 amide bonds. The van der Waals surface area contributed by atoms with Crippen molar-refractivity contribution in [3.63, 3.8) is 0 Å². The molecule has 0 heterocycles. The van der Waals surface area contributed by atoms with E-state index in [1.165, 1.54) is 16.7 Å². The van der Waals surface area contributed by atoms with Crippen molar-refractivity contribution < 1.29 is 23.1 Å². The van der Waals surface area contributed by atoms with E-state index in [4.69, 9.17) is 11.6 Å². The van der Waals surface area contributed by atoms with Gasteiger partial charge in [-0.1, -0.05) is 30.2 Å². The number of aliphatic hydroxyl groups is 1. The minimum atomic E-state index is -4.43. The molecule has 5 atom stereocenters. The first kappa shape index (κ1) is 26.8. The van der Waals surface area contributed by atoms with Crippen LogP contribution in [-0.4, -0.2) is 37.3 Å². The van der Waals surface area contributed by atoms with E-state index in [9.17, 15) is 23.1 Å². The molecule has 3 nitrogen and oxygen atoms in total. The highest BCUT2D eigenvalue weighted by Crippen LogP contribution is 2.64. The van der Waals surface area contributed by atoms with Gasteiger partial charge in [0.2, 0.25) is 0 Å². The zero-order valence-electron chi connectivity index (χ0n) is 21.0. The highest BCUT2D eigenvalue weighted by Gasteiger charge is 2.56. The van der Waals surface area contributed by atoms with Crippen molar-refractivity contribution in [2.24, 2.45) is 17.3 Å². The van der Waals surface area contributed by atoms with Gasteiger partial charge in [0.25, 0.3) is 0 Å². The van der Waals surface area contributed by atoms with Crippen LogP contribution in [0.15, 0.2) is 41.0 Å². The topological polar surface area (TPSA) is 40.5 Å². The van der Waals surface area contributed by atoms with E-state index in [-0.39, 0.29) is 23.2 Å². The molecule has 0 bridgehead atoms. The quantitative estimate of drug-likeness (QED) is 0.434. The number of fused-ring (bicyclic) bond motifs is 4. The Hall–Kier alpha value is -2.23.